The molecule has 1 amide bonds. The van der Waals surface area contributed by atoms with Gasteiger partial charge in [0.15, 0.2) is 5.13 Å². The lowest BCUT2D eigenvalue weighted by atomic mass is 9.93. The number of benzene rings is 2. The molecule has 2 saturated heterocycles. The number of nitrogens with zero attached hydrogens (tertiary/aromatic N) is 3. The molecule has 7 nitrogen and oxygen atoms in total. The molecule has 0 radical (unpaired) electrons. The van der Waals surface area contributed by atoms with Crippen molar-refractivity contribution in [2.75, 3.05) is 36.5 Å². The molecule has 3 aliphatic rings. The molecular formula is C35H37Cl2F3N4O3S. The Kier molecular flexibility index (Phi) is 10.4. The molecule has 1 aromatic heterocycles. The molecule has 13 heteroatoms. The van der Waals surface area contributed by atoms with E-state index in [1.165, 1.54) is 67.7 Å². The number of amides is 1. The van der Waals surface area contributed by atoms with Crippen LogP contribution in [0.2, 0.25) is 10.0 Å². The number of hydrogen-bond acceptors (Lipinski definition) is 7. The van der Waals surface area contributed by atoms with Crippen LogP contribution in [0.4, 0.5) is 23.3 Å². The minimum Gasteiger partial charge on any atom is -0.463 e. The predicted octanol–water partition coefficient (Wildman–Crippen LogP) is 9.20. The maximum atomic E-state index is 13.7. The average Bonchev–Trinajstić information content (AvgIpc) is 3.77. The number of carbonyl (C=O) groups is 2. The standard InChI is InChI=1S/C35H37Cl2F3N4O3S/c1-3-47-33(46)20(2)14-26-27(36)16-23(17-28(26)37)31(45)42-34-41-30(21-8-7-9-24(15-21)35(38,39)40)32(48-34)43-18-22-12-13-44(29(22)19-43)25-10-5-4-6-11-25/h7-9,14-17,22,25,29H,3-6,10-13,18-19H2,1-2H3,(H,41,42,45)/b20-14+. The lowest BCUT2D eigenvalue weighted by Crippen LogP contribution is -2.43. The van der Waals surface area contributed by atoms with Crippen molar-refractivity contribution in [3.05, 3.63) is 68.7 Å². The summed E-state index contributed by atoms with van der Waals surface area (Å²) in [4.78, 5) is 35.1. The molecule has 6 rings (SSSR count). The Morgan fingerprint density at radius 2 is 1.81 bits per heavy atom. The van der Waals surface area contributed by atoms with Gasteiger partial charge in [-0.15, -0.1) is 0 Å². The zero-order valence-electron chi connectivity index (χ0n) is 26.7. The van der Waals surface area contributed by atoms with E-state index >= 15 is 0 Å². The summed E-state index contributed by atoms with van der Waals surface area (Å²) in [6, 6.07) is 9.00. The molecule has 2 unspecified atom stereocenters. The second-order valence-electron chi connectivity index (χ2n) is 12.7. The van der Waals surface area contributed by atoms with Crippen molar-refractivity contribution in [3.8, 4) is 11.3 Å². The Morgan fingerprint density at radius 1 is 1.08 bits per heavy atom. The van der Waals surface area contributed by atoms with Crippen LogP contribution in [0.15, 0.2) is 42.0 Å². The second kappa shape index (κ2) is 14.4. The highest BCUT2D eigenvalue weighted by Crippen LogP contribution is 2.45. The van der Waals surface area contributed by atoms with Crippen molar-refractivity contribution >= 4 is 62.6 Å². The third kappa shape index (κ3) is 7.39. The molecule has 3 fully saturated rings. The number of nitrogens with one attached hydrogen (secondary N) is 1. The Morgan fingerprint density at radius 3 is 2.50 bits per heavy atom. The molecule has 2 aromatic carbocycles. The van der Waals surface area contributed by atoms with Gasteiger partial charge in [0.2, 0.25) is 0 Å². The van der Waals surface area contributed by atoms with Gasteiger partial charge >= 0.3 is 12.1 Å². The molecule has 2 atom stereocenters. The molecular weight excluding hydrogens is 684 g/mol. The van der Waals surface area contributed by atoms with Crippen molar-refractivity contribution in [3.63, 3.8) is 0 Å². The Labute approximate surface area is 292 Å². The van der Waals surface area contributed by atoms with Crippen molar-refractivity contribution < 1.29 is 27.5 Å². The van der Waals surface area contributed by atoms with Gasteiger partial charge < -0.3 is 9.64 Å². The fourth-order valence-electron chi connectivity index (χ4n) is 7.18. The van der Waals surface area contributed by atoms with E-state index in [0.29, 0.717) is 40.4 Å². The van der Waals surface area contributed by atoms with Crippen LogP contribution in [0.1, 0.15) is 73.9 Å². The molecule has 0 spiro atoms. The van der Waals surface area contributed by atoms with E-state index in [4.69, 9.17) is 32.9 Å². The Balaban J connectivity index is 1.28. The number of ether oxygens (including phenoxy) is 1. The first kappa shape index (κ1) is 34.7. The first-order valence-electron chi connectivity index (χ1n) is 16.3. The highest BCUT2D eigenvalue weighted by Gasteiger charge is 2.45. The van der Waals surface area contributed by atoms with Gasteiger partial charge in [-0.25, -0.2) is 9.78 Å². The van der Waals surface area contributed by atoms with Crippen molar-refractivity contribution in [1.29, 1.82) is 0 Å². The number of carbonyl (C=O) groups excluding carboxylic acids is 2. The molecule has 1 N–H and O–H groups in total. The van der Waals surface area contributed by atoms with Crippen molar-refractivity contribution in [1.82, 2.24) is 9.88 Å². The van der Waals surface area contributed by atoms with Crippen LogP contribution in [0, 0.1) is 5.92 Å². The van der Waals surface area contributed by atoms with Crippen molar-refractivity contribution in [2.45, 2.75) is 70.6 Å². The topological polar surface area (TPSA) is 74.8 Å². The summed E-state index contributed by atoms with van der Waals surface area (Å²) in [5.74, 6) is -0.578. The van der Waals surface area contributed by atoms with Crippen LogP contribution in [-0.4, -0.2) is 60.1 Å². The smallest absolute Gasteiger partial charge is 0.416 e. The first-order valence-corrected chi connectivity index (χ1v) is 17.8. The van der Waals surface area contributed by atoms with Gasteiger partial charge in [0.25, 0.3) is 5.91 Å². The fourth-order valence-corrected chi connectivity index (χ4v) is 8.78. The molecule has 2 aliphatic heterocycles. The number of rotatable bonds is 8. The van der Waals surface area contributed by atoms with E-state index in [0.717, 1.165) is 43.2 Å². The van der Waals surface area contributed by atoms with Gasteiger partial charge in [-0.05, 0) is 75.9 Å². The lowest BCUT2D eigenvalue weighted by molar-refractivity contribution is -0.138. The summed E-state index contributed by atoms with van der Waals surface area (Å²) >= 11 is 14.2. The summed E-state index contributed by atoms with van der Waals surface area (Å²) in [6.45, 7) is 6.12. The summed E-state index contributed by atoms with van der Waals surface area (Å²) in [7, 11) is 0. The van der Waals surface area contributed by atoms with E-state index in [2.05, 4.69) is 15.1 Å². The number of aromatic nitrogens is 1. The fraction of sp³-hybridized carbons (Fsp3) is 0.457. The monoisotopic (exact) mass is 720 g/mol. The average molecular weight is 722 g/mol. The number of thiazole rings is 1. The van der Waals surface area contributed by atoms with Crippen LogP contribution < -0.4 is 10.2 Å². The molecule has 3 heterocycles. The molecule has 3 aromatic rings. The lowest BCUT2D eigenvalue weighted by Gasteiger charge is -2.35. The number of hydrogen-bond donors (Lipinski definition) is 1. The van der Waals surface area contributed by atoms with Gasteiger partial charge in [0, 0.05) is 47.4 Å². The zero-order chi connectivity index (χ0) is 34.2. The minimum atomic E-state index is -4.51. The predicted molar refractivity (Wildman–Crippen MR) is 185 cm³/mol. The number of halogens is 5. The highest BCUT2D eigenvalue weighted by atomic mass is 35.5. The van der Waals surface area contributed by atoms with Crippen LogP contribution in [0.25, 0.3) is 17.3 Å². The van der Waals surface area contributed by atoms with E-state index < -0.39 is 23.6 Å². The SMILES string of the molecule is CCOC(=O)/C(C)=C/c1c(Cl)cc(C(=O)Nc2nc(-c3cccc(C(F)(F)F)c3)c(N3CC4CCN(C5CCCCC5)C4C3)s2)cc1Cl. The van der Waals surface area contributed by atoms with E-state index in [1.807, 2.05) is 0 Å². The molecule has 48 heavy (non-hydrogen) atoms. The van der Waals surface area contributed by atoms with Gasteiger partial charge in [-0.3, -0.25) is 15.0 Å². The number of likely N-dealkylation sites (tertiary alicyclic amines) is 1. The van der Waals surface area contributed by atoms with E-state index in [-0.39, 0.29) is 27.3 Å². The molecule has 256 valence electrons. The van der Waals surface area contributed by atoms with Crippen LogP contribution in [-0.2, 0) is 15.7 Å². The van der Waals surface area contributed by atoms with Crippen molar-refractivity contribution in [2.24, 2.45) is 5.92 Å². The summed E-state index contributed by atoms with van der Waals surface area (Å²) in [5, 5.41) is 4.12. The quantitative estimate of drug-likeness (QED) is 0.185. The maximum absolute atomic E-state index is 13.7. The van der Waals surface area contributed by atoms with Gasteiger partial charge in [0.1, 0.15) is 10.7 Å². The molecule has 1 saturated carbocycles. The summed E-state index contributed by atoms with van der Waals surface area (Å²) < 4.78 is 46.2. The van der Waals surface area contributed by atoms with Crippen LogP contribution >= 0.6 is 34.5 Å². The number of alkyl halides is 3. The first-order chi connectivity index (χ1) is 22.9. The van der Waals surface area contributed by atoms with E-state index in [9.17, 15) is 22.8 Å². The number of anilines is 2. The van der Waals surface area contributed by atoms with Crippen LogP contribution in [0.3, 0.4) is 0 Å². The third-order valence-electron chi connectivity index (χ3n) is 9.51. The van der Waals surface area contributed by atoms with E-state index in [1.54, 1.807) is 19.9 Å². The summed E-state index contributed by atoms with van der Waals surface area (Å²) in [6.07, 6.45) is 4.30. The normalized spacial score (nSPS) is 20.6. The third-order valence-corrected chi connectivity index (χ3v) is 11.2. The minimum absolute atomic E-state index is 0.159. The summed E-state index contributed by atoms with van der Waals surface area (Å²) in [5.41, 5.74) is 0.789. The second-order valence-corrected chi connectivity index (χ2v) is 14.4. The maximum Gasteiger partial charge on any atom is 0.416 e. The van der Waals surface area contributed by atoms with Gasteiger partial charge in [-0.2, -0.15) is 13.2 Å². The zero-order valence-corrected chi connectivity index (χ0v) is 29.0. The van der Waals surface area contributed by atoms with Gasteiger partial charge in [-0.1, -0.05) is 65.9 Å². The Hall–Kier alpha value is -3.12. The number of fused-ring (bicyclic) bond motifs is 1. The number of esters is 1. The molecule has 0 bridgehead atoms. The Bertz CT molecular complexity index is 1700. The molecule has 1 aliphatic carbocycles. The largest absolute Gasteiger partial charge is 0.463 e. The van der Waals surface area contributed by atoms with Crippen LogP contribution in [0.5, 0.6) is 0 Å². The van der Waals surface area contributed by atoms with Gasteiger partial charge in [0.05, 0.1) is 22.2 Å². The highest BCUT2D eigenvalue weighted by molar-refractivity contribution is 7.20.